The first-order chi connectivity index (χ1) is 6.27. The van der Waals surface area contributed by atoms with Crippen LogP contribution in [0.5, 0.6) is 0 Å². The van der Waals surface area contributed by atoms with Crippen LogP contribution in [0.4, 0.5) is 0 Å². The minimum atomic E-state index is 0.143. The zero-order chi connectivity index (χ0) is 9.68. The van der Waals surface area contributed by atoms with Gasteiger partial charge in [-0.25, -0.2) is 0 Å². The van der Waals surface area contributed by atoms with Crippen molar-refractivity contribution < 1.29 is 4.42 Å². The second-order valence-corrected chi connectivity index (χ2v) is 3.28. The van der Waals surface area contributed by atoms with Crippen molar-refractivity contribution in [3.63, 3.8) is 0 Å². The Bertz CT molecular complexity index is 221. The minimum absolute atomic E-state index is 0.143. The topological polar surface area (TPSA) is 51.2 Å². The predicted octanol–water partition coefficient (Wildman–Crippen LogP) is 1.67. The van der Waals surface area contributed by atoms with Crippen LogP contribution in [0.1, 0.15) is 32.1 Å². The van der Waals surface area contributed by atoms with E-state index in [0.717, 1.165) is 12.2 Å². The van der Waals surface area contributed by atoms with Crippen molar-refractivity contribution in [2.45, 2.75) is 32.4 Å². The molecule has 3 heteroatoms. The highest BCUT2D eigenvalue weighted by Gasteiger charge is 2.13. The first-order valence-corrected chi connectivity index (χ1v) is 4.77. The Balaban J connectivity index is 2.53. The van der Waals surface area contributed by atoms with Gasteiger partial charge in [-0.15, -0.1) is 0 Å². The number of nitrogens with two attached hydrogens (primary N) is 1. The van der Waals surface area contributed by atoms with Crippen LogP contribution in [-0.2, 0) is 0 Å². The minimum Gasteiger partial charge on any atom is -0.468 e. The van der Waals surface area contributed by atoms with Gasteiger partial charge in [-0.1, -0.05) is 6.92 Å². The molecule has 74 valence electrons. The maximum atomic E-state index is 5.64. The van der Waals surface area contributed by atoms with E-state index in [-0.39, 0.29) is 6.04 Å². The Morgan fingerprint density at radius 1 is 1.62 bits per heavy atom. The molecule has 0 aliphatic carbocycles. The zero-order valence-electron chi connectivity index (χ0n) is 8.29. The summed E-state index contributed by atoms with van der Waals surface area (Å²) in [5.74, 6) is 0.919. The maximum Gasteiger partial charge on any atom is 0.121 e. The highest BCUT2D eigenvalue weighted by atomic mass is 16.3. The molecule has 0 fully saturated rings. The van der Waals surface area contributed by atoms with Gasteiger partial charge in [0.25, 0.3) is 0 Å². The molecule has 1 rings (SSSR count). The smallest absolute Gasteiger partial charge is 0.121 e. The third-order valence-corrected chi connectivity index (χ3v) is 2.22. The van der Waals surface area contributed by atoms with Gasteiger partial charge in [-0.3, -0.25) is 0 Å². The van der Waals surface area contributed by atoms with E-state index in [1.54, 1.807) is 6.26 Å². The fourth-order valence-corrected chi connectivity index (χ4v) is 1.22. The van der Waals surface area contributed by atoms with Crippen LogP contribution in [0, 0.1) is 0 Å². The molecule has 2 atom stereocenters. The van der Waals surface area contributed by atoms with Gasteiger partial charge < -0.3 is 15.5 Å². The Kier molecular flexibility index (Phi) is 3.99. The molecule has 0 saturated carbocycles. The van der Waals surface area contributed by atoms with E-state index in [1.807, 2.05) is 12.1 Å². The average molecular weight is 182 g/mol. The highest BCUT2D eigenvalue weighted by molar-refractivity contribution is 5.05. The molecule has 3 nitrogen and oxygen atoms in total. The van der Waals surface area contributed by atoms with Crippen LogP contribution in [-0.4, -0.2) is 12.6 Å². The number of hydrogen-bond donors (Lipinski definition) is 2. The van der Waals surface area contributed by atoms with E-state index in [9.17, 15) is 0 Å². The monoisotopic (exact) mass is 182 g/mol. The number of hydrogen-bond acceptors (Lipinski definition) is 3. The summed E-state index contributed by atoms with van der Waals surface area (Å²) >= 11 is 0. The van der Waals surface area contributed by atoms with Crippen molar-refractivity contribution in [2.75, 3.05) is 6.54 Å². The molecule has 0 aliphatic heterocycles. The van der Waals surface area contributed by atoms with Gasteiger partial charge in [-0.2, -0.15) is 0 Å². The van der Waals surface area contributed by atoms with Gasteiger partial charge in [0.05, 0.1) is 12.3 Å². The highest BCUT2D eigenvalue weighted by Crippen LogP contribution is 2.12. The largest absolute Gasteiger partial charge is 0.468 e. The van der Waals surface area contributed by atoms with Crippen LogP contribution < -0.4 is 11.1 Å². The van der Waals surface area contributed by atoms with E-state index < -0.39 is 0 Å². The van der Waals surface area contributed by atoms with Crippen LogP contribution in [0.25, 0.3) is 0 Å². The summed E-state index contributed by atoms with van der Waals surface area (Å²) in [6.07, 6.45) is 2.77. The molecule has 0 aliphatic rings. The van der Waals surface area contributed by atoms with Crippen molar-refractivity contribution >= 4 is 0 Å². The molecular weight excluding hydrogens is 164 g/mol. The SMILES string of the molecule is CCC(C)NC(CN)c1ccco1. The standard InChI is InChI=1S/C10H18N2O/c1-3-8(2)12-9(7-11)10-5-4-6-13-10/h4-6,8-9,12H,3,7,11H2,1-2H3. The fourth-order valence-electron chi connectivity index (χ4n) is 1.22. The third kappa shape index (κ3) is 2.86. The van der Waals surface area contributed by atoms with Crippen LogP contribution in [0.15, 0.2) is 22.8 Å². The molecule has 0 spiro atoms. The van der Waals surface area contributed by atoms with Crippen molar-refractivity contribution in [3.05, 3.63) is 24.2 Å². The molecule has 2 unspecified atom stereocenters. The summed E-state index contributed by atoms with van der Waals surface area (Å²) < 4.78 is 5.29. The zero-order valence-corrected chi connectivity index (χ0v) is 8.29. The van der Waals surface area contributed by atoms with Crippen molar-refractivity contribution in [3.8, 4) is 0 Å². The van der Waals surface area contributed by atoms with Crippen LogP contribution in [0.2, 0.25) is 0 Å². The molecule has 13 heavy (non-hydrogen) atoms. The third-order valence-electron chi connectivity index (χ3n) is 2.22. The second kappa shape index (κ2) is 5.04. The van der Waals surface area contributed by atoms with Gasteiger partial charge >= 0.3 is 0 Å². The molecule has 0 bridgehead atoms. The predicted molar refractivity (Wildman–Crippen MR) is 53.4 cm³/mol. The maximum absolute atomic E-state index is 5.64. The summed E-state index contributed by atoms with van der Waals surface area (Å²) in [6, 6.07) is 4.45. The van der Waals surface area contributed by atoms with E-state index in [1.165, 1.54) is 0 Å². The van der Waals surface area contributed by atoms with Gasteiger partial charge in [0, 0.05) is 12.6 Å². The Hall–Kier alpha value is -0.800. The molecule has 0 saturated heterocycles. The lowest BCUT2D eigenvalue weighted by Gasteiger charge is -2.19. The van der Waals surface area contributed by atoms with E-state index in [2.05, 4.69) is 19.2 Å². The van der Waals surface area contributed by atoms with Crippen molar-refractivity contribution in [1.29, 1.82) is 0 Å². The van der Waals surface area contributed by atoms with Crippen molar-refractivity contribution in [1.82, 2.24) is 5.32 Å². The van der Waals surface area contributed by atoms with Gasteiger partial charge in [0.2, 0.25) is 0 Å². The fraction of sp³-hybridized carbons (Fsp3) is 0.600. The van der Waals surface area contributed by atoms with E-state index in [4.69, 9.17) is 10.2 Å². The molecule has 1 aromatic rings. The lowest BCUT2D eigenvalue weighted by Crippen LogP contribution is -2.34. The van der Waals surface area contributed by atoms with Crippen molar-refractivity contribution in [2.24, 2.45) is 5.73 Å². The molecule has 0 amide bonds. The van der Waals surface area contributed by atoms with Gasteiger partial charge in [0.1, 0.15) is 5.76 Å². The molecule has 3 N–H and O–H groups in total. The number of rotatable bonds is 5. The van der Waals surface area contributed by atoms with E-state index >= 15 is 0 Å². The first kappa shape index (κ1) is 10.3. The molecule has 0 aromatic carbocycles. The number of nitrogens with one attached hydrogen (secondary N) is 1. The van der Waals surface area contributed by atoms with Gasteiger partial charge in [0.15, 0.2) is 0 Å². The van der Waals surface area contributed by atoms with Crippen LogP contribution in [0.3, 0.4) is 0 Å². The van der Waals surface area contributed by atoms with Crippen LogP contribution >= 0.6 is 0 Å². The molecule has 1 heterocycles. The summed E-state index contributed by atoms with van der Waals surface area (Å²) in [4.78, 5) is 0. The molecule has 0 radical (unpaired) electrons. The molecule has 1 aromatic heterocycles. The quantitative estimate of drug-likeness (QED) is 0.728. The Labute approximate surface area is 79.3 Å². The van der Waals surface area contributed by atoms with E-state index in [0.29, 0.717) is 12.6 Å². The summed E-state index contributed by atoms with van der Waals surface area (Å²) in [5, 5.41) is 3.40. The summed E-state index contributed by atoms with van der Waals surface area (Å²) in [6.45, 7) is 4.86. The average Bonchev–Trinajstić information content (AvgIpc) is 2.66. The first-order valence-electron chi connectivity index (χ1n) is 4.77. The second-order valence-electron chi connectivity index (χ2n) is 3.28. The lowest BCUT2D eigenvalue weighted by molar-refractivity contribution is 0.380. The number of furan rings is 1. The molecular formula is C10H18N2O. The summed E-state index contributed by atoms with van der Waals surface area (Å²) in [7, 11) is 0. The Morgan fingerprint density at radius 2 is 2.38 bits per heavy atom. The summed E-state index contributed by atoms with van der Waals surface area (Å²) in [5.41, 5.74) is 5.64. The van der Waals surface area contributed by atoms with Gasteiger partial charge in [-0.05, 0) is 25.5 Å². The Morgan fingerprint density at radius 3 is 2.85 bits per heavy atom. The lowest BCUT2D eigenvalue weighted by atomic mass is 10.1. The normalized spacial score (nSPS) is 15.6.